The number of aromatic amines is 1. The number of hydrogen-bond acceptors (Lipinski definition) is 11. The Hall–Kier alpha value is -5.61. The molecule has 2 aromatic heterocycles. The number of carbonyl (C=O) groups is 1. The van der Waals surface area contributed by atoms with Gasteiger partial charge in [-0.15, -0.1) is 0 Å². The van der Waals surface area contributed by atoms with Crippen LogP contribution in [-0.4, -0.2) is 80.2 Å². The number of nitro groups is 1. The van der Waals surface area contributed by atoms with E-state index in [4.69, 9.17) is 9.47 Å². The highest BCUT2D eigenvalue weighted by Crippen LogP contribution is 2.54. The number of fused-ring (bicyclic) bond motifs is 2. The number of rotatable bonds is 9. The maximum atomic E-state index is 13.9. The first-order chi connectivity index (χ1) is 27.0. The number of nitro benzene ring substituents is 1. The third-order valence-electron chi connectivity index (χ3n) is 12.0. The SMILES string of the molecule is BC1COc2cc(S(=O)(=O)NC(=O)c3ccc(N4CCC5(CC4)CC(N4CCCC4c4ccccc4)C5)cc3Oc3cnc4[nH]ccc4c3)cc([N+](=O)[O-])c2N1. The molecule has 5 aromatic rings. The normalized spacial score (nSPS) is 20.8. The number of benzene rings is 3. The summed E-state index contributed by atoms with van der Waals surface area (Å²) >= 11 is 0. The Balaban J connectivity index is 0.940. The largest absolute Gasteiger partial charge is 0.490 e. The van der Waals surface area contributed by atoms with Gasteiger partial charge in [0.1, 0.15) is 31.6 Å². The number of likely N-dealkylation sites (tertiary alicyclic amines) is 1. The van der Waals surface area contributed by atoms with Gasteiger partial charge < -0.3 is 24.7 Å². The molecule has 0 bridgehead atoms. The topological polar surface area (TPSA) is 172 Å². The molecular formula is C40H42BN7O7S. The lowest BCUT2D eigenvalue weighted by molar-refractivity contribution is -0.384. The van der Waals surface area contributed by atoms with Crippen LogP contribution in [-0.2, 0) is 10.0 Å². The molecule has 4 aliphatic rings. The van der Waals surface area contributed by atoms with Gasteiger partial charge in [-0.2, -0.15) is 0 Å². The number of amides is 1. The van der Waals surface area contributed by atoms with Gasteiger partial charge >= 0.3 is 0 Å². The minimum atomic E-state index is -4.59. The van der Waals surface area contributed by atoms with Gasteiger partial charge in [-0.3, -0.25) is 19.8 Å². The number of anilines is 2. The van der Waals surface area contributed by atoms with Crippen LogP contribution in [0, 0.1) is 15.5 Å². The van der Waals surface area contributed by atoms with E-state index in [1.54, 1.807) is 32.2 Å². The summed E-state index contributed by atoms with van der Waals surface area (Å²) in [6.07, 6.45) is 10.3. The first-order valence-corrected chi connectivity index (χ1v) is 20.6. The zero-order chi connectivity index (χ0) is 38.6. The van der Waals surface area contributed by atoms with Crippen molar-refractivity contribution in [3.05, 3.63) is 106 Å². The van der Waals surface area contributed by atoms with Crippen molar-refractivity contribution in [3.63, 3.8) is 0 Å². The van der Waals surface area contributed by atoms with E-state index < -0.39 is 31.4 Å². The molecule has 0 radical (unpaired) electrons. The molecule has 56 heavy (non-hydrogen) atoms. The van der Waals surface area contributed by atoms with Gasteiger partial charge in [0.15, 0.2) is 11.4 Å². The first kappa shape index (κ1) is 36.1. The molecule has 3 N–H and O–H groups in total. The maximum absolute atomic E-state index is 13.9. The number of ether oxygens (including phenoxy) is 2. The van der Waals surface area contributed by atoms with Crippen LogP contribution in [0.2, 0.25) is 0 Å². The Labute approximate surface area is 325 Å². The number of nitrogens with zero attached hydrogens (tertiary/aromatic N) is 4. The second-order valence-corrected chi connectivity index (χ2v) is 17.3. The van der Waals surface area contributed by atoms with E-state index in [1.807, 2.05) is 12.1 Å². The van der Waals surface area contributed by atoms with Crippen molar-refractivity contribution in [2.45, 2.75) is 61.4 Å². The van der Waals surface area contributed by atoms with Crippen molar-refractivity contribution < 1.29 is 27.6 Å². The van der Waals surface area contributed by atoms with Gasteiger partial charge in [0, 0.05) is 66.6 Å². The third-order valence-corrected chi connectivity index (χ3v) is 13.3. The van der Waals surface area contributed by atoms with Gasteiger partial charge in [-0.1, -0.05) is 30.3 Å². The average Bonchev–Trinajstić information content (AvgIpc) is 3.87. The fourth-order valence-electron chi connectivity index (χ4n) is 9.04. The first-order valence-electron chi connectivity index (χ1n) is 19.1. The predicted molar refractivity (Wildman–Crippen MR) is 214 cm³/mol. The number of hydrogen-bond donors (Lipinski definition) is 3. The Morgan fingerprint density at radius 3 is 2.64 bits per heavy atom. The summed E-state index contributed by atoms with van der Waals surface area (Å²) in [6.45, 7) is 3.03. The molecule has 1 amide bonds. The maximum Gasteiger partial charge on any atom is 0.297 e. The molecule has 2 saturated heterocycles. The summed E-state index contributed by atoms with van der Waals surface area (Å²) in [7, 11) is -2.80. The van der Waals surface area contributed by atoms with Crippen molar-refractivity contribution >= 4 is 51.9 Å². The van der Waals surface area contributed by atoms with Crippen LogP contribution >= 0.6 is 0 Å². The van der Waals surface area contributed by atoms with Gasteiger partial charge in [0.05, 0.1) is 21.6 Å². The summed E-state index contributed by atoms with van der Waals surface area (Å²) in [4.78, 5) is 37.1. The van der Waals surface area contributed by atoms with Gasteiger partial charge in [-0.05, 0) is 80.3 Å². The molecule has 3 aliphatic heterocycles. The highest BCUT2D eigenvalue weighted by atomic mass is 32.2. The lowest BCUT2D eigenvalue weighted by atomic mass is 9.60. The Morgan fingerprint density at radius 1 is 1.05 bits per heavy atom. The molecule has 1 aliphatic carbocycles. The van der Waals surface area contributed by atoms with Gasteiger partial charge in [0.25, 0.3) is 21.6 Å². The third kappa shape index (κ3) is 6.80. The monoisotopic (exact) mass is 775 g/mol. The second kappa shape index (κ2) is 14.2. The Bertz CT molecular complexity index is 2430. The summed E-state index contributed by atoms with van der Waals surface area (Å²) in [5.41, 5.74) is 2.85. The number of sulfonamides is 1. The molecule has 288 valence electrons. The molecule has 3 aromatic carbocycles. The number of nitrogens with one attached hydrogen (secondary N) is 3. The number of H-pyrrole nitrogens is 1. The van der Waals surface area contributed by atoms with Crippen LogP contribution in [0.1, 0.15) is 60.5 Å². The highest BCUT2D eigenvalue weighted by Gasteiger charge is 2.49. The molecule has 1 saturated carbocycles. The van der Waals surface area contributed by atoms with Crippen molar-refractivity contribution in [1.29, 1.82) is 0 Å². The van der Waals surface area contributed by atoms with Crippen molar-refractivity contribution in [2.24, 2.45) is 5.41 Å². The van der Waals surface area contributed by atoms with Crippen LogP contribution in [0.15, 0.2) is 90.1 Å². The van der Waals surface area contributed by atoms with E-state index in [2.05, 4.69) is 60.1 Å². The molecule has 3 fully saturated rings. The number of pyridine rings is 1. The van der Waals surface area contributed by atoms with E-state index in [-0.39, 0.29) is 35.3 Å². The summed E-state index contributed by atoms with van der Waals surface area (Å²) < 4.78 is 41.3. The summed E-state index contributed by atoms with van der Waals surface area (Å²) in [5, 5.41) is 15.7. The fourth-order valence-corrected chi connectivity index (χ4v) is 10.0. The van der Waals surface area contributed by atoms with Crippen LogP contribution in [0.4, 0.5) is 17.1 Å². The van der Waals surface area contributed by atoms with Gasteiger partial charge in [0.2, 0.25) is 0 Å². The molecule has 16 heteroatoms. The van der Waals surface area contributed by atoms with Crippen LogP contribution in [0.3, 0.4) is 0 Å². The predicted octanol–water partition coefficient (Wildman–Crippen LogP) is 5.73. The Morgan fingerprint density at radius 2 is 1.86 bits per heavy atom. The molecular weight excluding hydrogens is 733 g/mol. The van der Waals surface area contributed by atoms with E-state index in [0.29, 0.717) is 28.9 Å². The number of aromatic nitrogens is 2. The van der Waals surface area contributed by atoms with Crippen molar-refractivity contribution in [3.8, 4) is 17.2 Å². The van der Waals surface area contributed by atoms with Gasteiger partial charge in [-0.25, -0.2) is 18.1 Å². The molecule has 2 unspecified atom stereocenters. The Kier molecular flexibility index (Phi) is 9.12. The standard InChI is InChI=1S/C40H42BN7O7S/c41-36-24-54-35-20-30(19-33(48(50)51)37(35)44-36)56(52,53)45-39(49)31-9-8-27(18-34(31)55-29-17-26-10-13-42-38(26)43-23-29)46-15-11-40(12-16-46)21-28(22-40)47-14-4-7-32(47)25-5-2-1-3-6-25/h1-3,5-6,8-10,13,17-20,23,28,32,36,44H,4,7,11-12,14-16,21-22,24,41H2,(H,42,43)(H,45,49). The lowest BCUT2D eigenvalue weighted by Crippen LogP contribution is -2.54. The summed E-state index contributed by atoms with van der Waals surface area (Å²) in [6, 6.07) is 22.8. The molecule has 1 spiro atoms. The summed E-state index contributed by atoms with van der Waals surface area (Å²) in [5.74, 6) is -0.648. The minimum absolute atomic E-state index is 0.0132. The molecule has 14 nitrogen and oxygen atoms in total. The zero-order valence-electron chi connectivity index (χ0n) is 30.9. The zero-order valence-corrected chi connectivity index (χ0v) is 31.8. The lowest BCUT2D eigenvalue weighted by Gasteiger charge is -2.56. The van der Waals surface area contributed by atoms with Crippen LogP contribution in [0.25, 0.3) is 11.0 Å². The molecule has 9 rings (SSSR count). The fraction of sp³-hybridized carbons (Fsp3) is 0.350. The quantitative estimate of drug-likeness (QED) is 0.0949. The number of piperidine rings is 1. The smallest absolute Gasteiger partial charge is 0.297 e. The second-order valence-electron chi connectivity index (χ2n) is 15.6. The number of carbonyl (C=O) groups excluding carboxylic acids is 1. The molecule has 2 atom stereocenters. The molecule has 5 heterocycles. The van der Waals surface area contributed by atoms with E-state index in [0.717, 1.165) is 49.6 Å². The van der Waals surface area contributed by atoms with Crippen molar-refractivity contribution in [2.75, 3.05) is 36.5 Å². The minimum Gasteiger partial charge on any atom is -0.490 e. The van der Waals surface area contributed by atoms with Crippen molar-refractivity contribution in [1.82, 2.24) is 19.6 Å². The van der Waals surface area contributed by atoms with E-state index >= 15 is 0 Å². The van der Waals surface area contributed by atoms with E-state index in [1.165, 1.54) is 43.5 Å². The van der Waals surface area contributed by atoms with Crippen LogP contribution in [0.5, 0.6) is 17.2 Å². The average molecular weight is 776 g/mol. The van der Waals surface area contributed by atoms with E-state index in [9.17, 15) is 23.3 Å². The van der Waals surface area contributed by atoms with Crippen LogP contribution < -0.4 is 24.4 Å². The highest BCUT2D eigenvalue weighted by molar-refractivity contribution is 7.90.